The molecule has 1 aromatic rings. The van der Waals surface area contributed by atoms with Gasteiger partial charge in [-0.15, -0.1) is 0 Å². The Hall–Kier alpha value is -1.95. The predicted octanol–water partition coefficient (Wildman–Crippen LogP) is 2.76. The average Bonchev–Trinajstić information content (AvgIpc) is 2.98. The lowest BCUT2D eigenvalue weighted by molar-refractivity contribution is -0.384. The van der Waals surface area contributed by atoms with Gasteiger partial charge in [-0.1, -0.05) is 12.8 Å². The van der Waals surface area contributed by atoms with E-state index in [2.05, 4.69) is 5.32 Å². The Morgan fingerprint density at radius 2 is 2.14 bits per heavy atom. The van der Waals surface area contributed by atoms with Crippen LogP contribution in [0.3, 0.4) is 0 Å². The number of nitrogens with one attached hydrogen (secondary N) is 1. The quantitative estimate of drug-likeness (QED) is 0.478. The van der Waals surface area contributed by atoms with Crippen LogP contribution in [0.2, 0.25) is 0 Å². The topological polar surface area (TPSA) is 92.5 Å². The molecule has 0 aliphatic heterocycles. The molecule has 2 rings (SSSR count). The van der Waals surface area contributed by atoms with Gasteiger partial charge in [0.05, 0.1) is 11.0 Å². The number of benzene rings is 1. The molecule has 0 saturated heterocycles. The number of rotatable bonds is 6. The van der Waals surface area contributed by atoms with E-state index in [-0.39, 0.29) is 23.9 Å². The summed E-state index contributed by atoms with van der Waals surface area (Å²) in [5, 5.41) is 24.1. The lowest BCUT2D eigenvalue weighted by atomic mass is 10.0. The maximum absolute atomic E-state index is 11.3. The first-order chi connectivity index (χ1) is 9.99. The van der Waals surface area contributed by atoms with Gasteiger partial charge < -0.3 is 10.4 Å². The second-order valence-electron chi connectivity index (χ2n) is 5.54. The normalized spacial score (nSPS) is 16.7. The first-order valence-electron chi connectivity index (χ1n) is 7.20. The number of anilines is 1. The first kappa shape index (κ1) is 15.4. The van der Waals surface area contributed by atoms with E-state index in [0.29, 0.717) is 11.3 Å². The Labute approximate surface area is 123 Å². The van der Waals surface area contributed by atoms with E-state index < -0.39 is 11.0 Å². The van der Waals surface area contributed by atoms with Crippen LogP contribution < -0.4 is 5.32 Å². The van der Waals surface area contributed by atoms with E-state index in [1.54, 1.807) is 6.07 Å². The zero-order chi connectivity index (χ0) is 15.4. The molecular weight excluding hydrogens is 272 g/mol. The molecular formula is C15H20N2O4. The fourth-order valence-electron chi connectivity index (χ4n) is 2.77. The van der Waals surface area contributed by atoms with Crippen LogP contribution >= 0.6 is 0 Å². The van der Waals surface area contributed by atoms with Crippen molar-refractivity contribution in [3.63, 3.8) is 0 Å². The van der Waals surface area contributed by atoms with Crippen LogP contribution in [0.5, 0.6) is 0 Å². The lowest BCUT2D eigenvalue weighted by Crippen LogP contribution is -2.26. The highest BCUT2D eigenvalue weighted by molar-refractivity contribution is 5.95. The third-order valence-corrected chi connectivity index (χ3v) is 4.05. The number of aliphatic hydroxyl groups is 1. The molecule has 1 aromatic carbocycles. The summed E-state index contributed by atoms with van der Waals surface area (Å²) in [7, 11) is 0. The smallest absolute Gasteiger partial charge is 0.293 e. The number of hydrogen-bond acceptors (Lipinski definition) is 5. The highest BCUT2D eigenvalue weighted by atomic mass is 16.6. The Morgan fingerprint density at radius 3 is 2.71 bits per heavy atom. The number of nitro benzene ring substituents is 1. The fourth-order valence-corrected chi connectivity index (χ4v) is 2.77. The van der Waals surface area contributed by atoms with Gasteiger partial charge in [0.15, 0.2) is 5.78 Å². The van der Waals surface area contributed by atoms with Crippen molar-refractivity contribution in [3.05, 3.63) is 33.9 Å². The molecule has 1 aliphatic rings. The fraction of sp³-hybridized carbons (Fsp3) is 0.533. The molecule has 21 heavy (non-hydrogen) atoms. The summed E-state index contributed by atoms with van der Waals surface area (Å²) in [5.74, 6) is 0.0590. The number of nitrogens with zero attached hydrogens (tertiary/aromatic N) is 1. The number of aliphatic hydroxyl groups excluding tert-OH is 1. The third-order valence-electron chi connectivity index (χ3n) is 4.05. The summed E-state index contributed by atoms with van der Waals surface area (Å²) in [5.41, 5.74) is 0.506. The van der Waals surface area contributed by atoms with Crippen LogP contribution in [0.4, 0.5) is 11.4 Å². The van der Waals surface area contributed by atoms with E-state index in [0.717, 1.165) is 25.7 Å². The molecule has 6 nitrogen and oxygen atoms in total. The molecule has 0 heterocycles. The maximum Gasteiger partial charge on any atom is 0.293 e. The molecule has 0 spiro atoms. The molecule has 2 N–H and O–H groups in total. The van der Waals surface area contributed by atoms with Gasteiger partial charge in [-0.05, 0) is 37.8 Å². The highest BCUT2D eigenvalue weighted by Crippen LogP contribution is 2.29. The molecule has 0 radical (unpaired) electrons. The van der Waals surface area contributed by atoms with E-state index in [4.69, 9.17) is 0 Å². The van der Waals surface area contributed by atoms with Gasteiger partial charge in [-0.2, -0.15) is 0 Å². The molecule has 6 heteroatoms. The number of hydrogen-bond donors (Lipinski definition) is 2. The van der Waals surface area contributed by atoms with Gasteiger partial charge in [0.1, 0.15) is 5.69 Å². The molecule has 114 valence electrons. The summed E-state index contributed by atoms with van der Waals surface area (Å²) in [6.07, 6.45) is 3.78. The standard InChI is InChI=1S/C15H20N2O4/c1-10(18)12-6-7-13(14(8-12)17(20)21)16-9-15(19)11-4-2-3-5-11/h6-8,11,15-16,19H,2-5,9H2,1H3. The minimum absolute atomic E-state index is 0.138. The molecule has 1 atom stereocenters. The Kier molecular flexibility index (Phi) is 4.90. The van der Waals surface area contributed by atoms with Crippen LogP contribution in [-0.2, 0) is 0 Å². The third kappa shape index (κ3) is 3.78. The number of Topliss-reactive ketones (excluding diaryl/α,β-unsaturated/α-hetero) is 1. The van der Waals surface area contributed by atoms with Gasteiger partial charge >= 0.3 is 0 Å². The van der Waals surface area contributed by atoms with Gasteiger partial charge in [0, 0.05) is 18.2 Å². The number of ketones is 1. The van der Waals surface area contributed by atoms with Crippen molar-refractivity contribution in [2.24, 2.45) is 5.92 Å². The minimum atomic E-state index is -0.517. The van der Waals surface area contributed by atoms with E-state index in [1.165, 1.54) is 19.1 Å². The van der Waals surface area contributed by atoms with E-state index >= 15 is 0 Å². The monoisotopic (exact) mass is 292 g/mol. The number of carbonyl (C=O) groups is 1. The molecule has 1 unspecified atom stereocenters. The average molecular weight is 292 g/mol. The van der Waals surface area contributed by atoms with Crippen molar-refractivity contribution >= 4 is 17.2 Å². The Bertz CT molecular complexity index is 538. The van der Waals surface area contributed by atoms with Crippen LogP contribution in [0, 0.1) is 16.0 Å². The van der Waals surface area contributed by atoms with Crippen LogP contribution in [0.25, 0.3) is 0 Å². The Balaban J connectivity index is 2.08. The zero-order valence-corrected chi connectivity index (χ0v) is 12.0. The number of nitro groups is 1. The first-order valence-corrected chi connectivity index (χ1v) is 7.20. The molecule has 0 bridgehead atoms. The van der Waals surface area contributed by atoms with Gasteiger partial charge in [0.25, 0.3) is 5.69 Å². The van der Waals surface area contributed by atoms with Crippen LogP contribution in [0.1, 0.15) is 43.0 Å². The van der Waals surface area contributed by atoms with Crippen molar-refractivity contribution in [2.45, 2.75) is 38.7 Å². The van der Waals surface area contributed by atoms with Gasteiger partial charge in [-0.25, -0.2) is 0 Å². The molecule has 0 aromatic heterocycles. The molecule has 1 fully saturated rings. The zero-order valence-electron chi connectivity index (χ0n) is 12.0. The summed E-state index contributed by atoms with van der Waals surface area (Å²) in [6.45, 7) is 1.65. The second-order valence-corrected chi connectivity index (χ2v) is 5.54. The highest BCUT2D eigenvalue weighted by Gasteiger charge is 2.24. The maximum atomic E-state index is 11.3. The van der Waals surface area contributed by atoms with Crippen molar-refractivity contribution in [1.82, 2.24) is 0 Å². The van der Waals surface area contributed by atoms with Crippen molar-refractivity contribution < 1.29 is 14.8 Å². The second kappa shape index (κ2) is 6.67. The van der Waals surface area contributed by atoms with Crippen LogP contribution in [0.15, 0.2) is 18.2 Å². The molecule has 1 saturated carbocycles. The lowest BCUT2D eigenvalue weighted by Gasteiger charge is -2.18. The Morgan fingerprint density at radius 1 is 1.48 bits per heavy atom. The van der Waals surface area contributed by atoms with Crippen molar-refractivity contribution in [2.75, 3.05) is 11.9 Å². The minimum Gasteiger partial charge on any atom is -0.391 e. The largest absolute Gasteiger partial charge is 0.391 e. The summed E-state index contributed by atoms with van der Waals surface area (Å²) in [6, 6.07) is 4.35. The van der Waals surface area contributed by atoms with E-state index in [1.807, 2.05) is 0 Å². The van der Waals surface area contributed by atoms with Crippen molar-refractivity contribution in [3.8, 4) is 0 Å². The van der Waals surface area contributed by atoms with Gasteiger partial charge in [0.2, 0.25) is 0 Å². The summed E-state index contributed by atoms with van der Waals surface area (Å²) >= 11 is 0. The summed E-state index contributed by atoms with van der Waals surface area (Å²) in [4.78, 5) is 21.9. The number of carbonyl (C=O) groups excluding carboxylic acids is 1. The molecule has 0 amide bonds. The van der Waals surface area contributed by atoms with Crippen LogP contribution in [-0.4, -0.2) is 28.5 Å². The van der Waals surface area contributed by atoms with Crippen molar-refractivity contribution in [1.29, 1.82) is 0 Å². The molecule has 1 aliphatic carbocycles. The SMILES string of the molecule is CC(=O)c1ccc(NCC(O)C2CCCC2)c([N+](=O)[O-])c1. The van der Waals surface area contributed by atoms with Gasteiger partial charge in [-0.3, -0.25) is 14.9 Å². The predicted molar refractivity (Wildman–Crippen MR) is 79.6 cm³/mol. The van der Waals surface area contributed by atoms with E-state index in [9.17, 15) is 20.0 Å². The summed E-state index contributed by atoms with van der Waals surface area (Å²) < 4.78 is 0.